The summed E-state index contributed by atoms with van der Waals surface area (Å²) in [4.78, 5) is 4.44. The van der Waals surface area contributed by atoms with Gasteiger partial charge in [-0.05, 0) is 36.9 Å². The van der Waals surface area contributed by atoms with Crippen LogP contribution < -0.4 is 5.32 Å². The lowest BCUT2D eigenvalue weighted by Crippen LogP contribution is -2.31. The third-order valence-electron chi connectivity index (χ3n) is 3.53. The van der Waals surface area contributed by atoms with Crippen LogP contribution in [0.25, 0.3) is 0 Å². The Hall–Kier alpha value is -1.19. The number of aromatic nitrogens is 1. The Balaban J connectivity index is 2.03. The first-order valence-corrected chi connectivity index (χ1v) is 8.19. The van der Waals surface area contributed by atoms with E-state index in [9.17, 15) is 0 Å². The van der Waals surface area contributed by atoms with Crippen LogP contribution in [0.1, 0.15) is 30.0 Å². The van der Waals surface area contributed by atoms with Gasteiger partial charge in [-0.25, -0.2) is 4.98 Å². The van der Waals surface area contributed by atoms with Gasteiger partial charge in [-0.15, -0.1) is 11.3 Å². The predicted octanol–water partition coefficient (Wildman–Crippen LogP) is 3.85. The quantitative estimate of drug-likeness (QED) is 0.837. The summed E-state index contributed by atoms with van der Waals surface area (Å²) in [6.45, 7) is 7.65. The van der Waals surface area contributed by atoms with Crippen molar-refractivity contribution in [2.24, 2.45) is 5.92 Å². The topological polar surface area (TPSA) is 24.9 Å². The Labute approximate surface area is 126 Å². The standard InChI is InChI=1S/C17H24N2S/c1-13(2)19-12-15(11-17-18-8-9-20-17)10-16-7-5-4-6-14(16)3/h4-9,13,15,19H,10-12H2,1-3H3. The minimum atomic E-state index is 0.533. The number of rotatable bonds is 7. The molecule has 0 spiro atoms. The molecule has 0 aliphatic rings. The van der Waals surface area contributed by atoms with Gasteiger partial charge < -0.3 is 5.32 Å². The molecule has 0 saturated heterocycles. The predicted molar refractivity (Wildman–Crippen MR) is 87.3 cm³/mol. The van der Waals surface area contributed by atoms with Crippen LogP contribution in [0.2, 0.25) is 0 Å². The molecule has 108 valence electrons. The number of hydrogen-bond donors (Lipinski definition) is 1. The van der Waals surface area contributed by atoms with Crippen LogP contribution in [0.15, 0.2) is 35.8 Å². The largest absolute Gasteiger partial charge is 0.314 e. The van der Waals surface area contributed by atoms with E-state index in [1.165, 1.54) is 16.1 Å². The Morgan fingerprint density at radius 2 is 2.00 bits per heavy atom. The lowest BCUT2D eigenvalue weighted by atomic mass is 9.93. The van der Waals surface area contributed by atoms with Crippen LogP contribution >= 0.6 is 11.3 Å². The maximum Gasteiger partial charge on any atom is 0.0928 e. The van der Waals surface area contributed by atoms with Crippen molar-refractivity contribution >= 4 is 11.3 Å². The summed E-state index contributed by atoms with van der Waals surface area (Å²) in [5.74, 6) is 0.602. The highest BCUT2D eigenvalue weighted by Crippen LogP contribution is 2.18. The molecule has 1 heterocycles. The third kappa shape index (κ3) is 4.73. The van der Waals surface area contributed by atoms with Gasteiger partial charge in [-0.2, -0.15) is 0 Å². The zero-order valence-corrected chi connectivity index (χ0v) is 13.4. The summed E-state index contributed by atoms with van der Waals surface area (Å²) in [5, 5.41) is 6.88. The highest BCUT2D eigenvalue weighted by molar-refractivity contribution is 7.09. The molecule has 0 bridgehead atoms. The highest BCUT2D eigenvalue weighted by Gasteiger charge is 2.14. The van der Waals surface area contributed by atoms with E-state index in [-0.39, 0.29) is 0 Å². The molecule has 2 rings (SSSR count). The molecule has 20 heavy (non-hydrogen) atoms. The summed E-state index contributed by atoms with van der Waals surface area (Å²) in [6, 6.07) is 9.23. The highest BCUT2D eigenvalue weighted by atomic mass is 32.1. The molecule has 1 aromatic heterocycles. The van der Waals surface area contributed by atoms with Crippen LogP contribution in [-0.2, 0) is 12.8 Å². The van der Waals surface area contributed by atoms with E-state index in [2.05, 4.69) is 60.7 Å². The number of hydrogen-bond acceptors (Lipinski definition) is 3. The molecular weight excluding hydrogens is 264 g/mol. The van der Waals surface area contributed by atoms with E-state index >= 15 is 0 Å². The molecule has 2 nitrogen and oxygen atoms in total. The molecule has 0 amide bonds. The number of aryl methyl sites for hydroxylation is 1. The van der Waals surface area contributed by atoms with Crippen molar-refractivity contribution in [1.29, 1.82) is 0 Å². The van der Waals surface area contributed by atoms with E-state index in [1.807, 2.05) is 6.20 Å². The average molecular weight is 288 g/mol. The van der Waals surface area contributed by atoms with Gasteiger partial charge in [-0.3, -0.25) is 0 Å². The van der Waals surface area contributed by atoms with Crippen molar-refractivity contribution < 1.29 is 0 Å². The molecule has 0 saturated carbocycles. The summed E-state index contributed by atoms with van der Waals surface area (Å²) in [7, 11) is 0. The molecule has 3 heteroatoms. The molecule has 1 atom stereocenters. The van der Waals surface area contributed by atoms with Crippen LogP contribution in [0.5, 0.6) is 0 Å². The van der Waals surface area contributed by atoms with Crippen LogP contribution in [0.3, 0.4) is 0 Å². The average Bonchev–Trinajstić information content (AvgIpc) is 2.91. The zero-order valence-electron chi connectivity index (χ0n) is 12.6. The summed E-state index contributed by atoms with van der Waals surface area (Å²) in [5.41, 5.74) is 2.85. The van der Waals surface area contributed by atoms with Gasteiger partial charge in [0.1, 0.15) is 0 Å². The Bertz CT molecular complexity index is 505. The molecule has 1 unspecified atom stereocenters. The van der Waals surface area contributed by atoms with E-state index in [0.29, 0.717) is 12.0 Å². The van der Waals surface area contributed by atoms with Gasteiger partial charge in [0.25, 0.3) is 0 Å². The van der Waals surface area contributed by atoms with Crippen molar-refractivity contribution in [3.05, 3.63) is 52.0 Å². The number of thiazole rings is 1. The molecule has 2 aromatic rings. The normalized spacial score (nSPS) is 12.8. The summed E-state index contributed by atoms with van der Waals surface area (Å²) in [6.07, 6.45) is 4.08. The Morgan fingerprint density at radius 1 is 1.20 bits per heavy atom. The van der Waals surface area contributed by atoms with Crippen molar-refractivity contribution in [2.75, 3.05) is 6.54 Å². The van der Waals surface area contributed by atoms with Gasteiger partial charge in [-0.1, -0.05) is 38.1 Å². The third-order valence-corrected chi connectivity index (χ3v) is 4.33. The zero-order chi connectivity index (χ0) is 14.4. The molecule has 0 aliphatic heterocycles. The van der Waals surface area contributed by atoms with Gasteiger partial charge in [0.2, 0.25) is 0 Å². The first-order chi connectivity index (χ1) is 9.65. The fourth-order valence-electron chi connectivity index (χ4n) is 2.37. The van der Waals surface area contributed by atoms with Crippen molar-refractivity contribution in [3.8, 4) is 0 Å². The second-order valence-corrected chi connectivity index (χ2v) is 6.67. The van der Waals surface area contributed by atoms with Gasteiger partial charge in [0.15, 0.2) is 0 Å². The number of nitrogens with zero attached hydrogens (tertiary/aromatic N) is 1. The van der Waals surface area contributed by atoms with E-state index in [1.54, 1.807) is 11.3 Å². The van der Waals surface area contributed by atoms with E-state index in [0.717, 1.165) is 19.4 Å². The Morgan fingerprint density at radius 3 is 2.65 bits per heavy atom. The molecular formula is C17H24N2S. The minimum Gasteiger partial charge on any atom is -0.314 e. The second kappa shape index (κ2) is 7.55. The number of nitrogens with one attached hydrogen (secondary N) is 1. The maximum absolute atomic E-state index is 4.44. The van der Waals surface area contributed by atoms with Gasteiger partial charge >= 0.3 is 0 Å². The SMILES string of the molecule is Cc1ccccc1CC(CNC(C)C)Cc1nccs1. The lowest BCUT2D eigenvalue weighted by molar-refractivity contribution is 0.443. The fourth-order valence-corrected chi connectivity index (χ4v) is 3.10. The second-order valence-electron chi connectivity index (χ2n) is 5.69. The van der Waals surface area contributed by atoms with Crippen LogP contribution in [0.4, 0.5) is 0 Å². The molecule has 0 aliphatic carbocycles. The fraction of sp³-hybridized carbons (Fsp3) is 0.471. The smallest absolute Gasteiger partial charge is 0.0928 e. The van der Waals surface area contributed by atoms with E-state index < -0.39 is 0 Å². The first-order valence-electron chi connectivity index (χ1n) is 7.31. The lowest BCUT2D eigenvalue weighted by Gasteiger charge is -2.19. The van der Waals surface area contributed by atoms with E-state index in [4.69, 9.17) is 0 Å². The molecule has 1 aromatic carbocycles. The molecule has 0 radical (unpaired) electrons. The van der Waals surface area contributed by atoms with Gasteiger partial charge in [0.05, 0.1) is 5.01 Å². The maximum atomic E-state index is 4.44. The van der Waals surface area contributed by atoms with Crippen molar-refractivity contribution in [1.82, 2.24) is 10.3 Å². The molecule has 1 N–H and O–H groups in total. The summed E-state index contributed by atoms with van der Waals surface area (Å²) >= 11 is 1.76. The van der Waals surface area contributed by atoms with Crippen molar-refractivity contribution in [3.63, 3.8) is 0 Å². The monoisotopic (exact) mass is 288 g/mol. The van der Waals surface area contributed by atoms with Crippen LogP contribution in [0, 0.1) is 12.8 Å². The Kier molecular flexibility index (Phi) is 5.74. The van der Waals surface area contributed by atoms with Gasteiger partial charge in [0, 0.05) is 24.0 Å². The number of benzene rings is 1. The first kappa shape index (κ1) is 15.2. The molecule has 0 fully saturated rings. The minimum absolute atomic E-state index is 0.533. The van der Waals surface area contributed by atoms with Crippen LogP contribution in [-0.4, -0.2) is 17.6 Å². The summed E-state index contributed by atoms with van der Waals surface area (Å²) < 4.78 is 0. The van der Waals surface area contributed by atoms with Crippen molar-refractivity contribution in [2.45, 2.75) is 39.7 Å².